The van der Waals surface area contributed by atoms with Gasteiger partial charge in [0.1, 0.15) is 5.41 Å². The molecule has 0 radical (unpaired) electrons. The maximum atomic E-state index is 12.6. The molecule has 0 fully saturated rings. The number of anilines is 1. The number of carbonyl (C=O) groups excluding carboxylic acids is 2. The van der Waals surface area contributed by atoms with Crippen molar-refractivity contribution in [3.63, 3.8) is 0 Å². The van der Waals surface area contributed by atoms with E-state index in [2.05, 4.69) is 10.6 Å². The Morgan fingerprint density at radius 3 is 2.28 bits per heavy atom. The summed E-state index contributed by atoms with van der Waals surface area (Å²) in [6.07, 6.45) is 0. The number of nitrogens with one attached hydrogen (secondary N) is 2. The molecule has 2 rings (SSSR count). The van der Waals surface area contributed by atoms with Crippen LogP contribution in [0.5, 0.6) is 0 Å². The Balaban J connectivity index is 2.02. The zero-order valence-corrected chi connectivity index (χ0v) is 15.7. The smallest absolute Gasteiger partial charge is 0.239 e. The number of carbonyl (C=O) groups is 2. The summed E-state index contributed by atoms with van der Waals surface area (Å²) in [5.74, 6) is -0.704. The summed E-state index contributed by atoms with van der Waals surface area (Å²) in [5, 5.41) is 6.15. The molecule has 0 saturated carbocycles. The lowest BCUT2D eigenvalue weighted by Gasteiger charge is -2.23. The van der Waals surface area contributed by atoms with E-state index in [1.165, 1.54) is 0 Å². The molecule has 0 unspecified atom stereocenters. The van der Waals surface area contributed by atoms with Crippen LogP contribution < -0.4 is 10.6 Å². The minimum absolute atomic E-state index is 0.328. The van der Waals surface area contributed by atoms with Gasteiger partial charge in [-0.3, -0.25) is 9.59 Å². The predicted octanol–water partition coefficient (Wildman–Crippen LogP) is 4.24. The van der Waals surface area contributed by atoms with Crippen LogP contribution in [-0.4, -0.2) is 11.8 Å². The number of benzene rings is 2. The number of rotatable bonds is 5. The Bertz CT molecular complexity index is 783. The van der Waals surface area contributed by atoms with Gasteiger partial charge in [0.15, 0.2) is 0 Å². The summed E-state index contributed by atoms with van der Waals surface area (Å²) < 4.78 is 0. The summed E-state index contributed by atoms with van der Waals surface area (Å²) in [6.45, 7) is 7.47. The van der Waals surface area contributed by atoms with Crippen LogP contribution in [-0.2, 0) is 16.1 Å². The summed E-state index contributed by atoms with van der Waals surface area (Å²) in [4.78, 5) is 25.1. The van der Waals surface area contributed by atoms with Gasteiger partial charge in [0.2, 0.25) is 11.8 Å². The highest BCUT2D eigenvalue weighted by Gasteiger charge is 2.36. The van der Waals surface area contributed by atoms with Crippen LogP contribution in [0.4, 0.5) is 5.69 Å². The molecule has 0 aliphatic carbocycles. The Morgan fingerprint density at radius 1 is 1.00 bits per heavy atom. The lowest BCUT2D eigenvalue weighted by molar-refractivity contribution is -0.138. The topological polar surface area (TPSA) is 58.2 Å². The molecule has 0 aliphatic heterocycles. The van der Waals surface area contributed by atoms with E-state index >= 15 is 0 Å². The van der Waals surface area contributed by atoms with E-state index in [1.54, 1.807) is 26.0 Å². The van der Waals surface area contributed by atoms with E-state index in [9.17, 15) is 9.59 Å². The van der Waals surface area contributed by atoms with Gasteiger partial charge >= 0.3 is 0 Å². The molecule has 0 bridgehead atoms. The van der Waals surface area contributed by atoms with Crippen molar-refractivity contribution in [1.29, 1.82) is 0 Å². The molecule has 4 nitrogen and oxygen atoms in total. The fourth-order valence-electron chi connectivity index (χ4n) is 2.22. The molecule has 2 aromatic carbocycles. The van der Waals surface area contributed by atoms with Gasteiger partial charge in [-0.25, -0.2) is 0 Å². The second-order valence-corrected chi connectivity index (χ2v) is 7.14. The molecule has 2 amide bonds. The predicted molar refractivity (Wildman–Crippen MR) is 102 cm³/mol. The molecule has 0 aromatic heterocycles. The third-order valence-corrected chi connectivity index (χ3v) is 4.39. The van der Waals surface area contributed by atoms with Crippen LogP contribution in [0.1, 0.15) is 30.5 Å². The highest BCUT2D eigenvalue weighted by Crippen LogP contribution is 2.24. The van der Waals surface area contributed by atoms with E-state index in [0.29, 0.717) is 17.3 Å². The molecule has 0 atom stereocenters. The van der Waals surface area contributed by atoms with Crippen LogP contribution in [0.2, 0.25) is 5.02 Å². The average Bonchev–Trinajstić information content (AvgIpc) is 2.57. The lowest BCUT2D eigenvalue weighted by atomic mass is 9.90. The molecule has 0 spiro atoms. The monoisotopic (exact) mass is 358 g/mol. The van der Waals surface area contributed by atoms with Crippen molar-refractivity contribution in [3.8, 4) is 0 Å². The van der Waals surface area contributed by atoms with Crippen molar-refractivity contribution in [3.05, 3.63) is 64.2 Å². The van der Waals surface area contributed by atoms with Crippen LogP contribution in [0.3, 0.4) is 0 Å². The lowest BCUT2D eigenvalue weighted by Crippen LogP contribution is -2.45. The van der Waals surface area contributed by atoms with Crippen molar-refractivity contribution in [2.24, 2.45) is 5.41 Å². The van der Waals surface area contributed by atoms with Crippen molar-refractivity contribution in [2.45, 2.75) is 34.2 Å². The first kappa shape index (κ1) is 19.0. The molecule has 0 heterocycles. The fraction of sp³-hybridized carbons (Fsp3) is 0.300. The van der Waals surface area contributed by atoms with Gasteiger partial charge in [0.25, 0.3) is 0 Å². The third-order valence-electron chi connectivity index (χ3n) is 4.16. The Labute approximate surface area is 153 Å². The third kappa shape index (κ3) is 4.83. The number of halogens is 1. The van der Waals surface area contributed by atoms with Crippen molar-refractivity contribution < 1.29 is 9.59 Å². The van der Waals surface area contributed by atoms with Crippen LogP contribution in [0, 0.1) is 19.3 Å². The van der Waals surface area contributed by atoms with Crippen molar-refractivity contribution >= 4 is 29.1 Å². The van der Waals surface area contributed by atoms with E-state index in [-0.39, 0.29) is 11.8 Å². The highest BCUT2D eigenvalue weighted by molar-refractivity contribution is 6.31. The van der Waals surface area contributed by atoms with Gasteiger partial charge in [-0.2, -0.15) is 0 Å². The van der Waals surface area contributed by atoms with Crippen LogP contribution in [0.25, 0.3) is 0 Å². The van der Waals surface area contributed by atoms with Crippen molar-refractivity contribution in [1.82, 2.24) is 5.32 Å². The summed E-state index contributed by atoms with van der Waals surface area (Å²) in [7, 11) is 0. The Morgan fingerprint density at radius 2 is 1.64 bits per heavy atom. The molecule has 132 valence electrons. The summed E-state index contributed by atoms with van der Waals surface area (Å²) >= 11 is 5.98. The van der Waals surface area contributed by atoms with Gasteiger partial charge in [0, 0.05) is 17.3 Å². The molecular weight excluding hydrogens is 336 g/mol. The SMILES string of the molecule is Cc1ccc(CNC(=O)C(C)(C)C(=O)Nc2cc(Cl)ccc2C)cc1. The zero-order valence-electron chi connectivity index (χ0n) is 14.9. The normalized spacial score (nSPS) is 11.1. The van der Waals surface area contributed by atoms with Gasteiger partial charge in [0.05, 0.1) is 0 Å². The Hall–Kier alpha value is -2.33. The maximum absolute atomic E-state index is 12.6. The van der Waals surface area contributed by atoms with Gasteiger partial charge in [-0.1, -0.05) is 47.5 Å². The molecule has 0 aliphatic rings. The van der Waals surface area contributed by atoms with E-state index in [1.807, 2.05) is 44.2 Å². The van der Waals surface area contributed by atoms with E-state index in [0.717, 1.165) is 16.7 Å². The number of amides is 2. The van der Waals surface area contributed by atoms with E-state index < -0.39 is 5.41 Å². The van der Waals surface area contributed by atoms with Gasteiger partial charge < -0.3 is 10.6 Å². The van der Waals surface area contributed by atoms with Crippen molar-refractivity contribution in [2.75, 3.05) is 5.32 Å². The largest absolute Gasteiger partial charge is 0.351 e. The molecule has 0 saturated heterocycles. The highest BCUT2D eigenvalue weighted by atomic mass is 35.5. The first-order valence-electron chi connectivity index (χ1n) is 8.11. The second kappa shape index (κ2) is 7.70. The minimum atomic E-state index is -1.21. The minimum Gasteiger partial charge on any atom is -0.351 e. The molecular formula is C20H23ClN2O2. The standard InChI is InChI=1S/C20H23ClN2O2/c1-13-5-8-15(9-6-13)12-22-18(24)20(3,4)19(25)23-17-11-16(21)10-7-14(17)2/h5-11H,12H2,1-4H3,(H,22,24)(H,23,25). The molecule has 2 aromatic rings. The first-order valence-corrected chi connectivity index (χ1v) is 8.49. The first-order chi connectivity index (χ1) is 11.7. The summed E-state index contributed by atoms with van der Waals surface area (Å²) in [6, 6.07) is 13.1. The van der Waals surface area contributed by atoms with E-state index in [4.69, 9.17) is 11.6 Å². The number of hydrogen-bond donors (Lipinski definition) is 2. The molecule has 25 heavy (non-hydrogen) atoms. The number of hydrogen-bond acceptors (Lipinski definition) is 2. The van der Waals surface area contributed by atoms with Gasteiger partial charge in [-0.05, 0) is 51.0 Å². The molecule has 2 N–H and O–H groups in total. The van der Waals surface area contributed by atoms with Crippen LogP contribution >= 0.6 is 11.6 Å². The fourth-order valence-corrected chi connectivity index (χ4v) is 2.39. The Kier molecular flexibility index (Phi) is 5.85. The molecule has 5 heteroatoms. The van der Waals surface area contributed by atoms with Gasteiger partial charge in [-0.15, -0.1) is 0 Å². The quantitative estimate of drug-likeness (QED) is 0.785. The summed E-state index contributed by atoms with van der Waals surface area (Å²) in [5.41, 5.74) is 2.43. The number of aryl methyl sites for hydroxylation is 2. The maximum Gasteiger partial charge on any atom is 0.239 e. The second-order valence-electron chi connectivity index (χ2n) is 6.71. The average molecular weight is 359 g/mol. The van der Waals surface area contributed by atoms with Crippen LogP contribution in [0.15, 0.2) is 42.5 Å². The zero-order chi connectivity index (χ0) is 18.6.